The Balaban J connectivity index is 1.37. The summed E-state index contributed by atoms with van der Waals surface area (Å²) in [6.07, 6.45) is 10.3. The number of amides is 1. The van der Waals surface area contributed by atoms with Crippen LogP contribution in [-0.2, 0) is 11.3 Å². The van der Waals surface area contributed by atoms with Crippen molar-refractivity contribution in [1.29, 1.82) is 0 Å². The van der Waals surface area contributed by atoms with Crippen molar-refractivity contribution >= 4 is 5.91 Å². The first-order chi connectivity index (χ1) is 10.1. The largest absolute Gasteiger partial charge is 0.351 e. The summed E-state index contributed by atoms with van der Waals surface area (Å²) in [5.74, 6) is 2.85. The molecule has 0 radical (unpaired) electrons. The molecule has 4 heteroatoms. The molecule has 4 aliphatic rings. The Bertz CT molecular complexity index is 513. The Hall–Kier alpha value is -1.32. The summed E-state index contributed by atoms with van der Waals surface area (Å²) >= 11 is 0. The molecule has 0 spiro atoms. The molecule has 4 nitrogen and oxygen atoms in total. The van der Waals surface area contributed by atoms with E-state index in [1.165, 1.54) is 38.5 Å². The Morgan fingerprint density at radius 1 is 1.29 bits per heavy atom. The molecule has 4 bridgehead atoms. The second-order valence-corrected chi connectivity index (χ2v) is 7.69. The van der Waals surface area contributed by atoms with Gasteiger partial charge in [-0.2, -0.15) is 5.10 Å². The molecule has 0 unspecified atom stereocenters. The number of rotatable bonds is 4. The van der Waals surface area contributed by atoms with Crippen LogP contribution in [0.15, 0.2) is 12.3 Å². The molecule has 5 rings (SSSR count). The first-order valence-electron chi connectivity index (χ1n) is 8.41. The third-order valence-corrected chi connectivity index (χ3v) is 5.92. The molecule has 4 aliphatic carbocycles. The SMILES string of the molecule is Cc1ccnn1CCC(=O)NC12CC3CC(CC(C3)C1)C2. The van der Waals surface area contributed by atoms with Crippen LogP contribution in [0.1, 0.15) is 50.6 Å². The van der Waals surface area contributed by atoms with Crippen molar-refractivity contribution in [3.63, 3.8) is 0 Å². The topological polar surface area (TPSA) is 46.9 Å². The number of nitrogens with zero attached hydrogens (tertiary/aromatic N) is 2. The average molecular weight is 287 g/mol. The maximum atomic E-state index is 12.4. The maximum absolute atomic E-state index is 12.4. The van der Waals surface area contributed by atoms with Gasteiger partial charge < -0.3 is 5.32 Å². The van der Waals surface area contributed by atoms with E-state index >= 15 is 0 Å². The van der Waals surface area contributed by atoms with Gasteiger partial charge >= 0.3 is 0 Å². The van der Waals surface area contributed by atoms with Crippen molar-refractivity contribution in [1.82, 2.24) is 15.1 Å². The number of hydrogen-bond donors (Lipinski definition) is 1. The summed E-state index contributed by atoms with van der Waals surface area (Å²) < 4.78 is 1.92. The molecule has 1 aromatic rings. The minimum atomic E-state index is 0.144. The van der Waals surface area contributed by atoms with E-state index in [1.807, 2.05) is 17.7 Å². The van der Waals surface area contributed by atoms with E-state index in [2.05, 4.69) is 10.4 Å². The van der Waals surface area contributed by atoms with Crippen LogP contribution in [0.4, 0.5) is 0 Å². The number of nitrogens with one attached hydrogen (secondary N) is 1. The van der Waals surface area contributed by atoms with Gasteiger partial charge in [-0.25, -0.2) is 0 Å². The molecular weight excluding hydrogens is 262 g/mol. The molecule has 4 saturated carbocycles. The van der Waals surface area contributed by atoms with Gasteiger partial charge in [-0.15, -0.1) is 0 Å². The van der Waals surface area contributed by atoms with Crippen molar-refractivity contribution in [2.45, 2.75) is 64.0 Å². The number of aromatic nitrogens is 2. The van der Waals surface area contributed by atoms with Crippen LogP contribution in [0.25, 0.3) is 0 Å². The lowest BCUT2D eigenvalue weighted by molar-refractivity contribution is -0.127. The summed E-state index contributed by atoms with van der Waals surface area (Å²) in [5, 5.41) is 7.68. The van der Waals surface area contributed by atoms with Gasteiger partial charge in [0.15, 0.2) is 0 Å². The molecule has 1 aromatic heterocycles. The zero-order valence-corrected chi connectivity index (χ0v) is 12.8. The van der Waals surface area contributed by atoms with Crippen molar-refractivity contribution in [2.24, 2.45) is 17.8 Å². The standard InChI is InChI=1S/C17H25N3O/c1-12-2-4-18-20(12)5-3-16(21)19-17-9-13-6-14(10-17)8-15(7-13)11-17/h2,4,13-15H,3,5-11H2,1H3,(H,19,21). The normalized spacial score (nSPS) is 36.9. The molecule has 0 saturated heterocycles. The Kier molecular flexibility index (Phi) is 3.09. The van der Waals surface area contributed by atoms with Crippen LogP contribution in [-0.4, -0.2) is 21.2 Å². The van der Waals surface area contributed by atoms with Crippen LogP contribution < -0.4 is 5.32 Å². The third-order valence-electron chi connectivity index (χ3n) is 5.92. The molecule has 1 N–H and O–H groups in total. The predicted octanol–water partition coefficient (Wildman–Crippen LogP) is 2.67. The van der Waals surface area contributed by atoms with Crippen molar-refractivity contribution in [3.05, 3.63) is 18.0 Å². The Labute approximate surface area is 126 Å². The smallest absolute Gasteiger partial charge is 0.222 e. The fourth-order valence-electron chi connectivity index (χ4n) is 5.46. The van der Waals surface area contributed by atoms with Gasteiger partial charge in [0.2, 0.25) is 5.91 Å². The number of carbonyl (C=O) groups excluding carboxylic acids is 1. The molecule has 21 heavy (non-hydrogen) atoms. The van der Waals surface area contributed by atoms with E-state index in [0.29, 0.717) is 13.0 Å². The monoisotopic (exact) mass is 287 g/mol. The van der Waals surface area contributed by atoms with Gasteiger partial charge in [-0.05, 0) is 69.3 Å². The minimum Gasteiger partial charge on any atom is -0.351 e. The molecule has 0 atom stereocenters. The molecule has 4 fully saturated rings. The van der Waals surface area contributed by atoms with Crippen LogP contribution >= 0.6 is 0 Å². The van der Waals surface area contributed by atoms with E-state index in [1.54, 1.807) is 6.20 Å². The maximum Gasteiger partial charge on any atom is 0.222 e. The van der Waals surface area contributed by atoms with Crippen LogP contribution in [0, 0.1) is 24.7 Å². The fraction of sp³-hybridized carbons (Fsp3) is 0.765. The number of aryl methyl sites for hydroxylation is 2. The Morgan fingerprint density at radius 2 is 1.90 bits per heavy atom. The van der Waals surface area contributed by atoms with Gasteiger partial charge in [0, 0.05) is 30.4 Å². The number of carbonyl (C=O) groups is 1. The van der Waals surface area contributed by atoms with E-state index < -0.39 is 0 Å². The highest BCUT2D eigenvalue weighted by Gasteiger charge is 2.51. The fourth-order valence-corrected chi connectivity index (χ4v) is 5.46. The predicted molar refractivity (Wildman–Crippen MR) is 80.6 cm³/mol. The van der Waals surface area contributed by atoms with Gasteiger partial charge in [0.05, 0.1) is 0 Å². The van der Waals surface area contributed by atoms with Gasteiger partial charge in [0.1, 0.15) is 0 Å². The molecule has 1 heterocycles. The minimum absolute atomic E-state index is 0.144. The van der Waals surface area contributed by atoms with Gasteiger partial charge in [-0.1, -0.05) is 0 Å². The zero-order valence-electron chi connectivity index (χ0n) is 12.8. The second kappa shape index (κ2) is 4.85. The summed E-state index contributed by atoms with van der Waals surface area (Å²) in [6, 6.07) is 1.98. The van der Waals surface area contributed by atoms with E-state index in [-0.39, 0.29) is 11.4 Å². The molecule has 114 valence electrons. The summed E-state index contributed by atoms with van der Waals surface area (Å²) in [4.78, 5) is 12.4. The lowest BCUT2D eigenvalue weighted by Crippen LogP contribution is -2.59. The summed E-state index contributed by atoms with van der Waals surface area (Å²) in [5.41, 5.74) is 1.27. The summed E-state index contributed by atoms with van der Waals surface area (Å²) in [6.45, 7) is 2.72. The molecule has 0 aromatic carbocycles. The zero-order chi connectivity index (χ0) is 14.4. The van der Waals surface area contributed by atoms with Crippen molar-refractivity contribution < 1.29 is 4.79 Å². The van der Waals surface area contributed by atoms with Gasteiger partial charge in [0.25, 0.3) is 0 Å². The molecular formula is C17H25N3O. The quantitative estimate of drug-likeness (QED) is 0.925. The van der Waals surface area contributed by atoms with Crippen LogP contribution in [0.2, 0.25) is 0 Å². The first kappa shape index (κ1) is 13.4. The lowest BCUT2D eigenvalue weighted by atomic mass is 9.53. The molecule has 0 aliphatic heterocycles. The molecule has 1 amide bonds. The van der Waals surface area contributed by atoms with Crippen LogP contribution in [0.3, 0.4) is 0 Å². The highest BCUT2D eigenvalue weighted by molar-refractivity contribution is 5.76. The second-order valence-electron chi connectivity index (χ2n) is 7.69. The first-order valence-corrected chi connectivity index (χ1v) is 8.41. The van der Waals surface area contributed by atoms with Crippen molar-refractivity contribution in [2.75, 3.05) is 0 Å². The third kappa shape index (κ3) is 2.49. The van der Waals surface area contributed by atoms with Gasteiger partial charge in [-0.3, -0.25) is 9.48 Å². The average Bonchev–Trinajstić information content (AvgIpc) is 2.79. The highest BCUT2D eigenvalue weighted by atomic mass is 16.1. The Morgan fingerprint density at radius 3 is 2.43 bits per heavy atom. The van der Waals surface area contributed by atoms with Crippen LogP contribution in [0.5, 0.6) is 0 Å². The van der Waals surface area contributed by atoms with E-state index in [0.717, 1.165) is 23.4 Å². The summed E-state index contributed by atoms with van der Waals surface area (Å²) in [7, 11) is 0. The van der Waals surface area contributed by atoms with Crippen molar-refractivity contribution in [3.8, 4) is 0 Å². The lowest BCUT2D eigenvalue weighted by Gasteiger charge is -2.56. The number of hydrogen-bond acceptors (Lipinski definition) is 2. The highest BCUT2D eigenvalue weighted by Crippen LogP contribution is 2.55. The van der Waals surface area contributed by atoms with E-state index in [4.69, 9.17) is 0 Å². The van der Waals surface area contributed by atoms with E-state index in [9.17, 15) is 4.79 Å².